The summed E-state index contributed by atoms with van der Waals surface area (Å²) < 4.78 is 38.4. The van der Waals surface area contributed by atoms with Gasteiger partial charge in [0.25, 0.3) is 17.2 Å². The number of ether oxygens (including phenoxy) is 1. The minimum Gasteiger partial charge on any atom is -0.494 e. The van der Waals surface area contributed by atoms with Gasteiger partial charge in [0.2, 0.25) is 0 Å². The van der Waals surface area contributed by atoms with E-state index in [2.05, 4.69) is 10.3 Å². The van der Waals surface area contributed by atoms with Crippen molar-refractivity contribution in [2.45, 2.75) is 31.7 Å². The van der Waals surface area contributed by atoms with E-state index in [-0.39, 0.29) is 21.9 Å². The normalized spacial score (nSPS) is 14.5. The Labute approximate surface area is 290 Å². The number of nitro benzene ring substituents is 1. The van der Waals surface area contributed by atoms with E-state index in [1.54, 1.807) is 49.4 Å². The van der Waals surface area contributed by atoms with E-state index in [0.29, 0.717) is 55.3 Å². The molecule has 6 rings (SSSR count). The van der Waals surface area contributed by atoms with Crippen LogP contribution in [0.1, 0.15) is 36.6 Å². The molecule has 1 amide bonds. The summed E-state index contributed by atoms with van der Waals surface area (Å²) in [6, 6.07) is 25.0. The lowest BCUT2D eigenvalue weighted by Crippen LogP contribution is -2.40. The molecule has 14 heteroatoms. The number of hydrogen-bond donors (Lipinski definition) is 1. The van der Waals surface area contributed by atoms with E-state index in [1.165, 1.54) is 35.8 Å². The van der Waals surface area contributed by atoms with Gasteiger partial charge in [-0.25, -0.2) is 4.99 Å². The van der Waals surface area contributed by atoms with Crippen molar-refractivity contribution in [3.05, 3.63) is 155 Å². The fourth-order valence-electron chi connectivity index (χ4n) is 5.45. The zero-order valence-corrected chi connectivity index (χ0v) is 28.7. The zero-order chi connectivity index (χ0) is 35.6. The molecule has 50 heavy (non-hydrogen) atoms. The number of nitrogens with one attached hydrogen (secondary N) is 1. The first-order valence-electron chi connectivity index (χ1n) is 15.4. The van der Waals surface area contributed by atoms with E-state index >= 15 is 0 Å². The Morgan fingerprint density at radius 2 is 1.68 bits per heavy atom. The summed E-state index contributed by atoms with van der Waals surface area (Å²) in [5.41, 5.74) is 2.25. The number of nitro groups is 1. The number of aromatic nitrogens is 1. The number of rotatable bonds is 10. The maximum absolute atomic E-state index is 14.1. The molecule has 0 spiro atoms. The van der Waals surface area contributed by atoms with Crippen LogP contribution in [0.25, 0.3) is 6.08 Å². The second kappa shape index (κ2) is 13.9. The van der Waals surface area contributed by atoms with Crippen molar-refractivity contribution in [1.29, 1.82) is 0 Å². The number of hydrogen-bond acceptors (Lipinski definition) is 10. The van der Waals surface area contributed by atoms with Crippen LogP contribution in [-0.4, -0.2) is 30.4 Å². The van der Waals surface area contributed by atoms with Crippen molar-refractivity contribution >= 4 is 44.8 Å². The van der Waals surface area contributed by atoms with Crippen molar-refractivity contribution in [1.82, 2.24) is 4.57 Å². The van der Waals surface area contributed by atoms with Crippen LogP contribution in [0.5, 0.6) is 11.5 Å². The molecule has 0 bridgehead atoms. The number of nitrogens with zero attached hydrogens (tertiary/aromatic N) is 3. The molecule has 0 saturated heterocycles. The summed E-state index contributed by atoms with van der Waals surface area (Å²) in [6.45, 7) is 5.61. The van der Waals surface area contributed by atoms with Crippen molar-refractivity contribution in [2.75, 3.05) is 11.9 Å². The first-order valence-corrected chi connectivity index (χ1v) is 17.6. The number of aryl methyl sites for hydroxylation is 1. The summed E-state index contributed by atoms with van der Waals surface area (Å²) in [5.74, 6) is 0.239. The first-order chi connectivity index (χ1) is 23.9. The van der Waals surface area contributed by atoms with E-state index in [4.69, 9.17) is 8.92 Å². The topological polar surface area (TPSA) is 159 Å². The molecular weight excluding hydrogens is 681 g/mol. The van der Waals surface area contributed by atoms with Crippen LogP contribution in [-0.2, 0) is 14.9 Å². The monoisotopic (exact) mass is 710 g/mol. The number of carbonyl (C=O) groups excluding carboxylic acids is 1. The van der Waals surface area contributed by atoms with Gasteiger partial charge in [0.1, 0.15) is 16.4 Å². The molecule has 2 heterocycles. The maximum Gasteiger partial charge on any atom is 0.339 e. The smallest absolute Gasteiger partial charge is 0.339 e. The van der Waals surface area contributed by atoms with Crippen molar-refractivity contribution < 1.29 is 27.1 Å². The average Bonchev–Trinajstić information content (AvgIpc) is 3.39. The van der Waals surface area contributed by atoms with Gasteiger partial charge in [0.15, 0.2) is 4.80 Å². The van der Waals surface area contributed by atoms with Gasteiger partial charge in [-0.1, -0.05) is 59.9 Å². The first kappa shape index (κ1) is 34.0. The molecule has 0 unspecified atom stereocenters. The highest BCUT2D eigenvalue weighted by atomic mass is 32.2. The van der Waals surface area contributed by atoms with Crippen LogP contribution in [0.3, 0.4) is 0 Å². The van der Waals surface area contributed by atoms with E-state index < -0.39 is 27.0 Å². The minimum atomic E-state index is -4.37. The number of thiazole rings is 1. The summed E-state index contributed by atoms with van der Waals surface area (Å²) in [4.78, 5) is 43.2. The largest absolute Gasteiger partial charge is 0.494 e. The SMILES string of the molecule is CCOc1ccc([C@H]2C(C(=O)Nc3ccccc3)=C(C)N=c3s/c(=C\c4ccc(OS(=O)(=O)c5ccc(C)c([N+](=O)[O-])c5)cc4)c(=O)n32)cc1. The number of benzene rings is 4. The fourth-order valence-corrected chi connectivity index (χ4v) is 7.45. The summed E-state index contributed by atoms with van der Waals surface area (Å²) in [6.07, 6.45) is 1.64. The van der Waals surface area contributed by atoms with Gasteiger partial charge in [-0.3, -0.25) is 24.3 Å². The molecule has 5 aromatic rings. The van der Waals surface area contributed by atoms with Crippen LogP contribution < -0.4 is 29.1 Å². The Morgan fingerprint density at radius 1 is 1.00 bits per heavy atom. The number of carbonyl (C=O) groups is 1. The Morgan fingerprint density at radius 3 is 2.34 bits per heavy atom. The Hall–Kier alpha value is -5.86. The lowest BCUT2D eigenvalue weighted by Gasteiger charge is -2.25. The lowest BCUT2D eigenvalue weighted by molar-refractivity contribution is -0.385. The molecule has 1 aromatic heterocycles. The lowest BCUT2D eigenvalue weighted by atomic mass is 9.95. The molecule has 0 radical (unpaired) electrons. The maximum atomic E-state index is 14.1. The predicted octanol–water partition coefficient (Wildman–Crippen LogP) is 5.26. The van der Waals surface area contributed by atoms with Gasteiger partial charge in [0, 0.05) is 17.3 Å². The molecule has 4 aromatic carbocycles. The Kier molecular flexibility index (Phi) is 9.48. The second-order valence-corrected chi connectivity index (χ2v) is 13.8. The number of para-hydroxylation sites is 1. The molecule has 1 aliphatic heterocycles. The summed E-state index contributed by atoms with van der Waals surface area (Å²) in [7, 11) is -4.37. The predicted molar refractivity (Wildman–Crippen MR) is 189 cm³/mol. The highest BCUT2D eigenvalue weighted by Gasteiger charge is 2.32. The third-order valence-electron chi connectivity index (χ3n) is 7.85. The number of fused-ring (bicyclic) bond motifs is 1. The van der Waals surface area contributed by atoms with Gasteiger partial charge in [-0.15, -0.1) is 0 Å². The molecule has 0 fully saturated rings. The third-order valence-corrected chi connectivity index (χ3v) is 10.1. The molecule has 1 aliphatic rings. The van der Waals surface area contributed by atoms with Crippen LogP contribution in [0.15, 0.2) is 123 Å². The number of amides is 1. The number of allylic oxidation sites excluding steroid dienone is 1. The third kappa shape index (κ3) is 6.97. The van der Waals surface area contributed by atoms with Crippen LogP contribution in [0.2, 0.25) is 0 Å². The average molecular weight is 711 g/mol. The van der Waals surface area contributed by atoms with Crippen molar-refractivity contribution in [3.63, 3.8) is 0 Å². The van der Waals surface area contributed by atoms with Gasteiger partial charge in [0.05, 0.1) is 33.4 Å². The number of anilines is 1. The molecule has 1 N–H and O–H groups in total. The molecule has 254 valence electrons. The minimum absolute atomic E-state index is 0.0213. The van der Waals surface area contributed by atoms with Crippen LogP contribution in [0.4, 0.5) is 11.4 Å². The second-order valence-electron chi connectivity index (χ2n) is 11.2. The van der Waals surface area contributed by atoms with Gasteiger partial charge in [-0.2, -0.15) is 8.42 Å². The van der Waals surface area contributed by atoms with Gasteiger partial charge in [-0.05, 0) is 80.4 Å². The highest BCUT2D eigenvalue weighted by molar-refractivity contribution is 7.87. The highest BCUT2D eigenvalue weighted by Crippen LogP contribution is 2.32. The van der Waals surface area contributed by atoms with E-state index in [1.807, 2.05) is 37.3 Å². The molecule has 12 nitrogen and oxygen atoms in total. The Balaban J connectivity index is 1.34. The molecule has 0 saturated carbocycles. The molecule has 1 atom stereocenters. The fraction of sp³-hybridized carbons (Fsp3) is 0.139. The summed E-state index contributed by atoms with van der Waals surface area (Å²) in [5, 5.41) is 14.2. The quantitative estimate of drug-likeness (QED) is 0.117. The van der Waals surface area contributed by atoms with Crippen LogP contribution >= 0.6 is 11.3 Å². The van der Waals surface area contributed by atoms with Gasteiger partial charge >= 0.3 is 10.1 Å². The Bertz CT molecular complexity index is 2440. The van der Waals surface area contributed by atoms with Crippen molar-refractivity contribution in [2.24, 2.45) is 4.99 Å². The molecule has 0 aliphatic carbocycles. The summed E-state index contributed by atoms with van der Waals surface area (Å²) >= 11 is 1.16. The standard InChI is InChI=1S/C36H30N4O8S2/c1-4-47-27-17-13-25(14-18-27)33-32(34(41)38-26-8-6-5-7-9-26)23(3)37-36-39(33)35(42)31(49-36)20-24-11-15-28(16-12-24)48-50(45,46)29-19-10-22(2)30(21-29)40(43)44/h5-21,33H,4H2,1-3H3,(H,38,41)/b31-20-/t33-/m0/s1. The van der Waals surface area contributed by atoms with E-state index in [0.717, 1.165) is 17.4 Å². The van der Waals surface area contributed by atoms with Crippen molar-refractivity contribution in [3.8, 4) is 11.5 Å². The molecular formula is C36H30N4O8S2. The zero-order valence-electron chi connectivity index (χ0n) is 27.0. The van der Waals surface area contributed by atoms with E-state index in [9.17, 15) is 28.1 Å². The van der Waals surface area contributed by atoms with Crippen LogP contribution in [0, 0.1) is 17.0 Å². The van der Waals surface area contributed by atoms with Gasteiger partial charge < -0.3 is 14.2 Å².